The highest BCUT2D eigenvalue weighted by Gasteiger charge is 2.33. The molecule has 112 valence electrons. The molecule has 0 N–H and O–H groups in total. The molecular weight excluding hydrogens is 240 g/mol. The van der Waals surface area contributed by atoms with Gasteiger partial charge in [0.15, 0.2) is 0 Å². The highest BCUT2D eigenvalue weighted by molar-refractivity contribution is 5.30. The molecule has 0 bridgehead atoms. The Balaban J connectivity index is 1.61. The average molecular weight is 272 g/mol. The van der Waals surface area contributed by atoms with Crippen molar-refractivity contribution in [3.8, 4) is 0 Å². The van der Waals surface area contributed by atoms with Crippen molar-refractivity contribution in [1.82, 2.24) is 0 Å². The Morgan fingerprint density at radius 2 is 1.70 bits per heavy atom. The van der Waals surface area contributed by atoms with E-state index in [1.54, 1.807) is 11.1 Å². The molecular formula is C20H32. The maximum atomic E-state index is 4.48. The largest absolute Gasteiger partial charge is 0.0992 e. The summed E-state index contributed by atoms with van der Waals surface area (Å²) in [5.74, 6) is 2.85. The van der Waals surface area contributed by atoms with Crippen LogP contribution in [0, 0.1) is 17.8 Å². The zero-order chi connectivity index (χ0) is 13.9. The molecule has 0 nitrogen and oxygen atoms in total. The van der Waals surface area contributed by atoms with Crippen LogP contribution in [0.15, 0.2) is 23.3 Å². The summed E-state index contributed by atoms with van der Waals surface area (Å²) < 4.78 is 0. The van der Waals surface area contributed by atoms with Crippen LogP contribution in [-0.2, 0) is 0 Å². The number of rotatable bonds is 3. The maximum Gasteiger partial charge on any atom is -0.0105 e. The van der Waals surface area contributed by atoms with Gasteiger partial charge in [-0.15, -0.1) is 0 Å². The van der Waals surface area contributed by atoms with E-state index in [0.717, 1.165) is 17.8 Å². The molecule has 0 saturated heterocycles. The van der Waals surface area contributed by atoms with Crippen LogP contribution in [0.3, 0.4) is 0 Å². The lowest BCUT2D eigenvalue weighted by Crippen LogP contribution is -2.26. The summed E-state index contributed by atoms with van der Waals surface area (Å²) in [6.45, 7) is 6.82. The highest BCUT2D eigenvalue weighted by atomic mass is 14.4. The molecule has 3 aliphatic carbocycles. The molecule has 3 rings (SSSR count). The van der Waals surface area contributed by atoms with Gasteiger partial charge >= 0.3 is 0 Å². The lowest BCUT2D eigenvalue weighted by atomic mass is 9.66. The monoisotopic (exact) mass is 272 g/mol. The van der Waals surface area contributed by atoms with Crippen LogP contribution in [-0.4, -0.2) is 0 Å². The first-order valence-corrected chi connectivity index (χ1v) is 9.15. The van der Waals surface area contributed by atoms with Crippen molar-refractivity contribution in [3.05, 3.63) is 23.3 Å². The van der Waals surface area contributed by atoms with E-state index in [2.05, 4.69) is 13.5 Å². The van der Waals surface area contributed by atoms with Gasteiger partial charge in [0.05, 0.1) is 0 Å². The quantitative estimate of drug-likeness (QED) is 0.519. The minimum atomic E-state index is 0.842. The second-order valence-electron chi connectivity index (χ2n) is 7.63. The van der Waals surface area contributed by atoms with E-state index in [0.29, 0.717) is 0 Å². The molecule has 0 radical (unpaired) electrons. The summed E-state index contributed by atoms with van der Waals surface area (Å²) in [5, 5.41) is 0. The van der Waals surface area contributed by atoms with Gasteiger partial charge in [0.2, 0.25) is 0 Å². The van der Waals surface area contributed by atoms with Gasteiger partial charge in [-0.05, 0) is 69.1 Å². The SMILES string of the molecule is C=C1CC2=C(CCCC2)CC1C1CCC(CCC)CC1. The topological polar surface area (TPSA) is 0 Å². The van der Waals surface area contributed by atoms with Crippen molar-refractivity contribution in [2.24, 2.45) is 17.8 Å². The third-order valence-electron chi connectivity index (χ3n) is 6.30. The van der Waals surface area contributed by atoms with E-state index in [1.807, 2.05) is 5.57 Å². The zero-order valence-electron chi connectivity index (χ0n) is 13.4. The Morgan fingerprint density at radius 1 is 1.00 bits per heavy atom. The lowest BCUT2D eigenvalue weighted by Gasteiger charge is -2.39. The normalized spacial score (nSPS) is 35.0. The Hall–Kier alpha value is -0.520. The summed E-state index contributed by atoms with van der Waals surface area (Å²) >= 11 is 0. The molecule has 0 aliphatic heterocycles. The Kier molecular flexibility index (Phi) is 4.68. The molecule has 1 atom stereocenters. The summed E-state index contributed by atoms with van der Waals surface area (Å²) in [4.78, 5) is 0. The molecule has 1 saturated carbocycles. The Morgan fingerprint density at radius 3 is 2.40 bits per heavy atom. The second-order valence-corrected chi connectivity index (χ2v) is 7.63. The highest BCUT2D eigenvalue weighted by Crippen LogP contribution is 2.47. The Labute approximate surface area is 125 Å². The number of allylic oxidation sites excluding steroid dienone is 3. The summed E-state index contributed by atoms with van der Waals surface area (Å²) in [7, 11) is 0. The van der Waals surface area contributed by atoms with Crippen molar-refractivity contribution >= 4 is 0 Å². The van der Waals surface area contributed by atoms with Gasteiger partial charge in [0.1, 0.15) is 0 Å². The van der Waals surface area contributed by atoms with E-state index in [9.17, 15) is 0 Å². The Bertz CT molecular complexity index is 379. The molecule has 0 amide bonds. The third kappa shape index (κ3) is 3.05. The number of hydrogen-bond donors (Lipinski definition) is 0. The third-order valence-corrected chi connectivity index (χ3v) is 6.30. The smallest absolute Gasteiger partial charge is 0.0105 e. The summed E-state index contributed by atoms with van der Waals surface area (Å²) in [6, 6.07) is 0. The predicted molar refractivity (Wildman–Crippen MR) is 87.7 cm³/mol. The van der Waals surface area contributed by atoms with Gasteiger partial charge in [0.25, 0.3) is 0 Å². The molecule has 0 aromatic rings. The minimum absolute atomic E-state index is 0.842. The molecule has 0 aromatic heterocycles. The predicted octanol–water partition coefficient (Wildman–Crippen LogP) is 6.43. The standard InChI is InChI=1S/C20H32/c1-3-6-16-9-11-17(12-10-16)20-14-19-8-5-4-7-18(19)13-15(20)2/h16-17,20H,2-14H2,1H3. The van der Waals surface area contributed by atoms with Gasteiger partial charge in [-0.1, -0.05) is 55.9 Å². The summed E-state index contributed by atoms with van der Waals surface area (Å²) in [6.07, 6.45) is 17.1. The van der Waals surface area contributed by atoms with E-state index >= 15 is 0 Å². The van der Waals surface area contributed by atoms with Crippen molar-refractivity contribution in [2.45, 2.75) is 84.0 Å². The molecule has 0 heterocycles. The van der Waals surface area contributed by atoms with Crippen LogP contribution < -0.4 is 0 Å². The van der Waals surface area contributed by atoms with Crippen molar-refractivity contribution in [3.63, 3.8) is 0 Å². The van der Waals surface area contributed by atoms with Crippen LogP contribution in [0.5, 0.6) is 0 Å². The fraction of sp³-hybridized carbons (Fsp3) is 0.800. The van der Waals surface area contributed by atoms with Crippen molar-refractivity contribution < 1.29 is 0 Å². The van der Waals surface area contributed by atoms with E-state index in [1.165, 1.54) is 77.0 Å². The molecule has 1 fully saturated rings. The molecule has 0 spiro atoms. The second kappa shape index (κ2) is 6.50. The van der Waals surface area contributed by atoms with Crippen molar-refractivity contribution in [2.75, 3.05) is 0 Å². The summed E-state index contributed by atoms with van der Waals surface area (Å²) in [5.41, 5.74) is 5.23. The molecule has 20 heavy (non-hydrogen) atoms. The van der Waals surface area contributed by atoms with Crippen LogP contribution in [0.1, 0.15) is 84.0 Å². The first kappa shape index (κ1) is 14.4. The molecule has 3 aliphatic rings. The van der Waals surface area contributed by atoms with Gasteiger partial charge in [-0.3, -0.25) is 0 Å². The molecule has 1 unspecified atom stereocenters. The van der Waals surface area contributed by atoms with Crippen LogP contribution >= 0.6 is 0 Å². The molecule has 0 aromatic carbocycles. The van der Waals surface area contributed by atoms with Crippen LogP contribution in [0.2, 0.25) is 0 Å². The average Bonchev–Trinajstić information content (AvgIpc) is 2.48. The van der Waals surface area contributed by atoms with Crippen LogP contribution in [0.25, 0.3) is 0 Å². The van der Waals surface area contributed by atoms with E-state index < -0.39 is 0 Å². The fourth-order valence-electron chi connectivity index (χ4n) is 5.09. The number of hydrogen-bond acceptors (Lipinski definition) is 0. The van der Waals surface area contributed by atoms with Gasteiger partial charge in [-0.2, -0.15) is 0 Å². The van der Waals surface area contributed by atoms with Gasteiger partial charge in [0, 0.05) is 0 Å². The van der Waals surface area contributed by atoms with E-state index in [-0.39, 0.29) is 0 Å². The maximum absolute atomic E-state index is 4.48. The van der Waals surface area contributed by atoms with E-state index in [4.69, 9.17) is 0 Å². The van der Waals surface area contributed by atoms with Crippen LogP contribution in [0.4, 0.5) is 0 Å². The first-order chi connectivity index (χ1) is 9.78. The molecule has 0 heteroatoms. The minimum Gasteiger partial charge on any atom is -0.0992 e. The van der Waals surface area contributed by atoms with Crippen molar-refractivity contribution in [1.29, 1.82) is 0 Å². The zero-order valence-corrected chi connectivity index (χ0v) is 13.4. The van der Waals surface area contributed by atoms with Gasteiger partial charge < -0.3 is 0 Å². The fourth-order valence-corrected chi connectivity index (χ4v) is 5.09. The first-order valence-electron chi connectivity index (χ1n) is 9.15. The van der Waals surface area contributed by atoms with Gasteiger partial charge in [-0.25, -0.2) is 0 Å². The lowest BCUT2D eigenvalue weighted by molar-refractivity contribution is 0.208.